The van der Waals surface area contributed by atoms with Crippen LogP contribution in [-0.2, 0) is 6.42 Å². The van der Waals surface area contributed by atoms with Crippen LogP contribution in [0.3, 0.4) is 0 Å². The molecule has 2 heteroatoms. The first kappa shape index (κ1) is 11.9. The monoisotopic (exact) mass is 208 g/mol. The van der Waals surface area contributed by atoms with Crippen molar-refractivity contribution in [1.82, 2.24) is 0 Å². The summed E-state index contributed by atoms with van der Waals surface area (Å²) >= 11 is 0. The van der Waals surface area contributed by atoms with Crippen molar-refractivity contribution in [3.63, 3.8) is 0 Å². The van der Waals surface area contributed by atoms with Crippen molar-refractivity contribution in [1.29, 1.82) is 0 Å². The molecule has 0 aromatic heterocycles. The quantitative estimate of drug-likeness (QED) is 0.739. The Balaban J connectivity index is 2.89. The highest BCUT2D eigenvalue weighted by Crippen LogP contribution is 2.30. The van der Waals surface area contributed by atoms with Gasteiger partial charge in [0.2, 0.25) is 0 Å². The molecule has 0 amide bonds. The van der Waals surface area contributed by atoms with Gasteiger partial charge in [-0.1, -0.05) is 19.9 Å². The number of ether oxygens (including phenoxy) is 2. The van der Waals surface area contributed by atoms with Crippen LogP contribution in [0.15, 0.2) is 18.2 Å². The zero-order valence-electron chi connectivity index (χ0n) is 10.0. The molecule has 0 saturated heterocycles. The van der Waals surface area contributed by atoms with Crippen LogP contribution in [0.1, 0.15) is 25.8 Å². The van der Waals surface area contributed by atoms with Crippen molar-refractivity contribution < 1.29 is 9.47 Å². The zero-order chi connectivity index (χ0) is 11.3. The molecule has 0 unspecified atom stereocenters. The summed E-state index contributed by atoms with van der Waals surface area (Å²) < 4.78 is 10.7. The van der Waals surface area contributed by atoms with Crippen LogP contribution < -0.4 is 9.47 Å². The van der Waals surface area contributed by atoms with E-state index in [9.17, 15) is 0 Å². The molecule has 1 aromatic rings. The Kier molecular flexibility index (Phi) is 4.47. The van der Waals surface area contributed by atoms with E-state index in [1.165, 1.54) is 5.56 Å². The molecule has 2 nitrogen and oxygen atoms in total. The first-order valence-electron chi connectivity index (χ1n) is 5.39. The van der Waals surface area contributed by atoms with Gasteiger partial charge in [0.1, 0.15) is 11.5 Å². The normalized spacial score (nSPS) is 10.5. The average molecular weight is 208 g/mol. The van der Waals surface area contributed by atoms with Gasteiger partial charge in [0.25, 0.3) is 0 Å². The van der Waals surface area contributed by atoms with E-state index >= 15 is 0 Å². The van der Waals surface area contributed by atoms with Gasteiger partial charge >= 0.3 is 0 Å². The van der Waals surface area contributed by atoms with Crippen LogP contribution in [0, 0.1) is 5.92 Å². The number of benzene rings is 1. The lowest BCUT2D eigenvalue weighted by Gasteiger charge is -2.13. The third-order valence-electron chi connectivity index (χ3n) is 2.50. The van der Waals surface area contributed by atoms with E-state index in [2.05, 4.69) is 13.8 Å². The third kappa shape index (κ3) is 3.15. The predicted molar refractivity (Wildman–Crippen MR) is 62.7 cm³/mol. The lowest BCUT2D eigenvalue weighted by atomic mass is 10.0. The first-order valence-corrected chi connectivity index (χ1v) is 5.39. The second-order valence-electron chi connectivity index (χ2n) is 4.07. The summed E-state index contributed by atoms with van der Waals surface area (Å²) in [7, 11) is 3.40. The Bertz CT molecular complexity index is 283. The molecule has 0 saturated carbocycles. The van der Waals surface area contributed by atoms with Gasteiger partial charge in [0.05, 0.1) is 14.2 Å². The molecule has 0 heterocycles. The Hall–Kier alpha value is -1.18. The zero-order valence-corrected chi connectivity index (χ0v) is 10.0. The van der Waals surface area contributed by atoms with E-state index in [0.29, 0.717) is 5.92 Å². The van der Waals surface area contributed by atoms with E-state index in [-0.39, 0.29) is 0 Å². The van der Waals surface area contributed by atoms with Crippen molar-refractivity contribution >= 4 is 0 Å². The maximum Gasteiger partial charge on any atom is 0.125 e. The van der Waals surface area contributed by atoms with E-state index in [4.69, 9.17) is 9.47 Å². The van der Waals surface area contributed by atoms with Crippen molar-refractivity contribution in [3.8, 4) is 11.5 Å². The van der Waals surface area contributed by atoms with Crippen molar-refractivity contribution in [2.45, 2.75) is 26.7 Å². The summed E-state index contributed by atoms with van der Waals surface area (Å²) in [5.74, 6) is 2.55. The van der Waals surface area contributed by atoms with Gasteiger partial charge in [-0.15, -0.1) is 0 Å². The predicted octanol–water partition coefficient (Wildman–Crippen LogP) is 3.29. The summed E-state index contributed by atoms with van der Waals surface area (Å²) in [4.78, 5) is 0. The largest absolute Gasteiger partial charge is 0.496 e. The van der Waals surface area contributed by atoms with Crippen LogP contribution in [0.5, 0.6) is 11.5 Å². The van der Waals surface area contributed by atoms with Gasteiger partial charge in [-0.05, 0) is 30.9 Å². The van der Waals surface area contributed by atoms with Crippen molar-refractivity contribution in [3.05, 3.63) is 23.8 Å². The van der Waals surface area contributed by atoms with Crippen molar-refractivity contribution in [2.75, 3.05) is 14.2 Å². The highest BCUT2D eigenvalue weighted by atomic mass is 16.5. The summed E-state index contributed by atoms with van der Waals surface area (Å²) in [5.41, 5.74) is 1.18. The van der Waals surface area contributed by atoms with Gasteiger partial charge in [-0.25, -0.2) is 0 Å². The standard InChI is InChI=1S/C13H20O2/c1-10(2)8-9-11-12(14-3)6-5-7-13(11)15-4/h5-7,10H,8-9H2,1-4H3. The van der Waals surface area contributed by atoms with Gasteiger partial charge in [-0.2, -0.15) is 0 Å². The van der Waals surface area contributed by atoms with Crippen LogP contribution in [-0.4, -0.2) is 14.2 Å². The molecule has 0 aliphatic rings. The molecule has 0 fully saturated rings. The molecule has 84 valence electrons. The van der Waals surface area contributed by atoms with Gasteiger partial charge in [0, 0.05) is 5.56 Å². The molecule has 15 heavy (non-hydrogen) atoms. The lowest BCUT2D eigenvalue weighted by molar-refractivity contribution is 0.382. The summed E-state index contributed by atoms with van der Waals surface area (Å²) in [6, 6.07) is 5.92. The molecule has 0 radical (unpaired) electrons. The average Bonchev–Trinajstić information content (AvgIpc) is 2.25. The summed E-state index contributed by atoms with van der Waals surface area (Å²) in [5, 5.41) is 0. The second-order valence-corrected chi connectivity index (χ2v) is 4.07. The molecule has 1 aromatic carbocycles. The second kappa shape index (κ2) is 5.64. The minimum Gasteiger partial charge on any atom is -0.496 e. The van der Waals surface area contributed by atoms with Gasteiger partial charge in [0.15, 0.2) is 0 Å². The number of rotatable bonds is 5. The Morgan fingerprint density at radius 2 is 1.60 bits per heavy atom. The Morgan fingerprint density at radius 1 is 1.07 bits per heavy atom. The highest BCUT2D eigenvalue weighted by molar-refractivity contribution is 5.44. The Labute approximate surface area is 92.2 Å². The SMILES string of the molecule is COc1cccc(OC)c1CCC(C)C. The van der Waals surface area contributed by atoms with E-state index in [1.807, 2.05) is 18.2 Å². The fourth-order valence-corrected chi connectivity index (χ4v) is 1.61. The smallest absolute Gasteiger partial charge is 0.125 e. The summed E-state index contributed by atoms with van der Waals surface area (Å²) in [6.45, 7) is 4.45. The van der Waals surface area contributed by atoms with Crippen LogP contribution >= 0.6 is 0 Å². The first-order chi connectivity index (χ1) is 7.19. The molecule has 0 N–H and O–H groups in total. The van der Waals surface area contributed by atoms with Crippen LogP contribution in [0.4, 0.5) is 0 Å². The lowest BCUT2D eigenvalue weighted by Crippen LogP contribution is -1.99. The van der Waals surface area contributed by atoms with E-state index in [1.54, 1.807) is 14.2 Å². The van der Waals surface area contributed by atoms with Crippen LogP contribution in [0.2, 0.25) is 0 Å². The number of hydrogen-bond acceptors (Lipinski definition) is 2. The van der Waals surface area contributed by atoms with Crippen molar-refractivity contribution in [2.24, 2.45) is 5.92 Å². The molecule has 1 rings (SSSR count). The number of hydrogen-bond donors (Lipinski definition) is 0. The molecule has 0 spiro atoms. The summed E-state index contributed by atoms with van der Waals surface area (Å²) in [6.07, 6.45) is 2.15. The Morgan fingerprint density at radius 3 is 2.00 bits per heavy atom. The molecule has 0 atom stereocenters. The molecule has 0 aliphatic heterocycles. The third-order valence-corrected chi connectivity index (χ3v) is 2.50. The minimum atomic E-state index is 0.694. The fourth-order valence-electron chi connectivity index (χ4n) is 1.61. The highest BCUT2D eigenvalue weighted by Gasteiger charge is 2.09. The molecule has 0 aliphatic carbocycles. The topological polar surface area (TPSA) is 18.5 Å². The maximum absolute atomic E-state index is 5.34. The van der Waals surface area contributed by atoms with Gasteiger partial charge in [-0.3, -0.25) is 0 Å². The molecular formula is C13H20O2. The van der Waals surface area contributed by atoms with E-state index in [0.717, 1.165) is 24.3 Å². The minimum absolute atomic E-state index is 0.694. The number of methoxy groups -OCH3 is 2. The van der Waals surface area contributed by atoms with E-state index < -0.39 is 0 Å². The molecular weight excluding hydrogens is 188 g/mol. The maximum atomic E-state index is 5.34. The molecule has 0 bridgehead atoms. The van der Waals surface area contributed by atoms with Gasteiger partial charge < -0.3 is 9.47 Å². The fraction of sp³-hybridized carbons (Fsp3) is 0.538. The van der Waals surface area contributed by atoms with Crippen LogP contribution in [0.25, 0.3) is 0 Å².